The zero-order chi connectivity index (χ0) is 17.1. The molecule has 0 radical (unpaired) electrons. The molecule has 0 saturated carbocycles. The second-order valence-corrected chi connectivity index (χ2v) is 6.37. The van der Waals surface area contributed by atoms with Crippen molar-refractivity contribution >= 4 is 5.91 Å². The van der Waals surface area contributed by atoms with Crippen LogP contribution in [0.1, 0.15) is 66.6 Å². The Morgan fingerprint density at radius 2 is 2.00 bits per heavy atom. The maximum atomic E-state index is 12.5. The van der Waals surface area contributed by atoms with E-state index >= 15 is 0 Å². The van der Waals surface area contributed by atoms with Crippen molar-refractivity contribution in [2.45, 2.75) is 45.6 Å². The van der Waals surface area contributed by atoms with E-state index in [9.17, 15) is 4.79 Å². The van der Waals surface area contributed by atoms with E-state index in [1.165, 1.54) is 0 Å². The zero-order valence-electron chi connectivity index (χ0n) is 14.1. The third kappa shape index (κ3) is 3.64. The highest BCUT2D eigenvalue weighted by Crippen LogP contribution is 2.30. The van der Waals surface area contributed by atoms with E-state index in [1.807, 2.05) is 13.8 Å². The average molecular weight is 334 g/mol. The number of aryl methyl sites for hydroxylation is 1. The van der Waals surface area contributed by atoms with E-state index in [-0.39, 0.29) is 29.5 Å². The number of nitrogens with one attached hydrogen (secondary N) is 1. The number of amides is 1. The minimum absolute atomic E-state index is 0.159. The molecule has 1 N–H and O–H groups in total. The van der Waals surface area contributed by atoms with Crippen LogP contribution in [0.15, 0.2) is 15.1 Å². The number of hydrogen-bond donors (Lipinski definition) is 1. The van der Waals surface area contributed by atoms with Crippen LogP contribution in [-0.2, 0) is 4.74 Å². The molecule has 130 valence electrons. The molecule has 8 heteroatoms. The van der Waals surface area contributed by atoms with Crippen LogP contribution in [0.2, 0.25) is 0 Å². The lowest BCUT2D eigenvalue weighted by molar-refractivity contribution is 0.0466. The van der Waals surface area contributed by atoms with E-state index in [1.54, 1.807) is 13.0 Å². The lowest BCUT2D eigenvalue weighted by Crippen LogP contribution is -2.36. The molecule has 1 aliphatic heterocycles. The minimum atomic E-state index is -0.363. The second kappa shape index (κ2) is 7.12. The van der Waals surface area contributed by atoms with E-state index in [4.69, 9.17) is 13.8 Å². The van der Waals surface area contributed by atoms with Gasteiger partial charge in [0.2, 0.25) is 5.89 Å². The van der Waals surface area contributed by atoms with Crippen molar-refractivity contribution in [2.75, 3.05) is 13.2 Å². The van der Waals surface area contributed by atoms with Gasteiger partial charge in [-0.25, -0.2) is 0 Å². The van der Waals surface area contributed by atoms with Crippen molar-refractivity contribution in [3.05, 3.63) is 29.2 Å². The lowest BCUT2D eigenvalue weighted by atomic mass is 9.91. The SMILES string of the molecule is Cc1cc(C(=O)N[C@H](c2nc(C(C)C)no2)C2CCOCC2)no1. The number of hydrogen-bond acceptors (Lipinski definition) is 7. The first-order valence-electron chi connectivity index (χ1n) is 8.20. The van der Waals surface area contributed by atoms with Crippen LogP contribution in [-0.4, -0.2) is 34.4 Å². The van der Waals surface area contributed by atoms with Gasteiger partial charge < -0.3 is 19.1 Å². The fraction of sp³-hybridized carbons (Fsp3) is 0.625. The molecule has 24 heavy (non-hydrogen) atoms. The van der Waals surface area contributed by atoms with Gasteiger partial charge in [0.25, 0.3) is 5.91 Å². The summed E-state index contributed by atoms with van der Waals surface area (Å²) >= 11 is 0. The molecule has 0 aromatic carbocycles. The highest BCUT2D eigenvalue weighted by molar-refractivity contribution is 5.92. The Labute approximate surface area is 139 Å². The number of ether oxygens (including phenoxy) is 1. The zero-order valence-corrected chi connectivity index (χ0v) is 14.1. The van der Waals surface area contributed by atoms with Gasteiger partial charge in [0.05, 0.1) is 0 Å². The first-order valence-corrected chi connectivity index (χ1v) is 8.20. The summed E-state index contributed by atoms with van der Waals surface area (Å²) in [6.07, 6.45) is 1.64. The molecule has 3 rings (SSSR count). The van der Waals surface area contributed by atoms with Crippen molar-refractivity contribution in [2.24, 2.45) is 5.92 Å². The van der Waals surface area contributed by atoms with Crippen LogP contribution in [0.25, 0.3) is 0 Å². The fourth-order valence-corrected chi connectivity index (χ4v) is 2.73. The fourth-order valence-electron chi connectivity index (χ4n) is 2.73. The summed E-state index contributed by atoms with van der Waals surface area (Å²) in [4.78, 5) is 16.9. The van der Waals surface area contributed by atoms with Crippen LogP contribution < -0.4 is 5.32 Å². The van der Waals surface area contributed by atoms with E-state index in [0.717, 1.165) is 12.8 Å². The highest BCUT2D eigenvalue weighted by Gasteiger charge is 2.32. The van der Waals surface area contributed by atoms with Crippen LogP contribution in [0.4, 0.5) is 0 Å². The molecule has 1 aliphatic rings. The van der Waals surface area contributed by atoms with Gasteiger partial charge in [0.1, 0.15) is 11.8 Å². The summed E-state index contributed by atoms with van der Waals surface area (Å²) in [5, 5.41) is 10.7. The smallest absolute Gasteiger partial charge is 0.274 e. The maximum Gasteiger partial charge on any atom is 0.274 e. The molecular weight excluding hydrogens is 312 g/mol. The van der Waals surface area contributed by atoms with Crippen molar-refractivity contribution in [3.8, 4) is 0 Å². The Balaban J connectivity index is 1.82. The Bertz CT molecular complexity index is 688. The van der Waals surface area contributed by atoms with Crippen LogP contribution in [0, 0.1) is 12.8 Å². The predicted molar refractivity (Wildman–Crippen MR) is 83.4 cm³/mol. The highest BCUT2D eigenvalue weighted by atomic mass is 16.5. The van der Waals surface area contributed by atoms with Gasteiger partial charge in [0, 0.05) is 25.2 Å². The van der Waals surface area contributed by atoms with Gasteiger partial charge >= 0.3 is 0 Å². The number of nitrogens with zero attached hydrogens (tertiary/aromatic N) is 3. The Hall–Kier alpha value is -2.22. The van der Waals surface area contributed by atoms with Crippen LogP contribution in [0.5, 0.6) is 0 Å². The van der Waals surface area contributed by atoms with Crippen LogP contribution in [0.3, 0.4) is 0 Å². The average Bonchev–Trinajstić information content (AvgIpc) is 3.22. The molecule has 1 saturated heterocycles. The topological polar surface area (TPSA) is 103 Å². The van der Waals surface area contributed by atoms with Gasteiger partial charge in [0.15, 0.2) is 11.5 Å². The third-order valence-electron chi connectivity index (χ3n) is 4.12. The molecule has 0 spiro atoms. The molecule has 8 nitrogen and oxygen atoms in total. The number of aromatic nitrogens is 3. The summed E-state index contributed by atoms with van der Waals surface area (Å²) in [6.45, 7) is 7.05. The van der Waals surface area contributed by atoms with E-state index in [2.05, 4.69) is 20.6 Å². The summed E-state index contributed by atoms with van der Waals surface area (Å²) in [5.41, 5.74) is 0.244. The molecule has 0 aliphatic carbocycles. The Kier molecular flexibility index (Phi) is 4.94. The molecule has 0 unspecified atom stereocenters. The van der Waals surface area contributed by atoms with Gasteiger partial charge in [-0.3, -0.25) is 4.79 Å². The Morgan fingerprint density at radius 3 is 2.58 bits per heavy atom. The van der Waals surface area contributed by atoms with E-state index < -0.39 is 0 Å². The molecule has 2 aromatic heterocycles. The van der Waals surface area contributed by atoms with Crippen molar-refractivity contribution in [1.29, 1.82) is 0 Å². The summed E-state index contributed by atoms with van der Waals surface area (Å²) in [6, 6.07) is 1.24. The quantitative estimate of drug-likeness (QED) is 0.895. The van der Waals surface area contributed by atoms with E-state index in [0.29, 0.717) is 30.7 Å². The predicted octanol–water partition coefficient (Wildman–Crippen LogP) is 2.39. The molecule has 3 heterocycles. The Morgan fingerprint density at radius 1 is 1.25 bits per heavy atom. The normalized spacial score (nSPS) is 17.2. The summed E-state index contributed by atoms with van der Waals surface area (Å²) in [7, 11) is 0. The van der Waals surface area contributed by atoms with Crippen molar-refractivity contribution in [1.82, 2.24) is 20.6 Å². The molecule has 1 fully saturated rings. The molecule has 1 amide bonds. The molecule has 0 bridgehead atoms. The number of carbonyl (C=O) groups excluding carboxylic acids is 1. The third-order valence-corrected chi connectivity index (χ3v) is 4.12. The molecule has 2 aromatic rings. The first-order chi connectivity index (χ1) is 11.5. The maximum absolute atomic E-state index is 12.5. The standard InChI is InChI=1S/C16H22N4O4/c1-9(2)14-18-16(24-20-14)13(11-4-6-22-7-5-11)17-15(21)12-8-10(3)23-19-12/h8-9,11,13H,4-7H2,1-3H3,(H,17,21)/t13-/m0/s1. The van der Waals surface area contributed by atoms with Gasteiger partial charge in [-0.05, 0) is 25.7 Å². The largest absolute Gasteiger partial charge is 0.381 e. The molecule has 1 atom stereocenters. The number of carbonyl (C=O) groups is 1. The summed E-state index contributed by atoms with van der Waals surface area (Å²) < 4.78 is 15.8. The monoisotopic (exact) mass is 334 g/mol. The molecular formula is C16H22N4O4. The minimum Gasteiger partial charge on any atom is -0.381 e. The lowest BCUT2D eigenvalue weighted by Gasteiger charge is -2.28. The second-order valence-electron chi connectivity index (χ2n) is 6.37. The summed E-state index contributed by atoms with van der Waals surface area (Å²) in [5.74, 6) is 1.67. The number of rotatable bonds is 5. The van der Waals surface area contributed by atoms with Crippen LogP contribution >= 0.6 is 0 Å². The van der Waals surface area contributed by atoms with Gasteiger partial charge in [-0.2, -0.15) is 4.98 Å². The first kappa shape index (κ1) is 16.6. The van der Waals surface area contributed by atoms with Gasteiger partial charge in [-0.1, -0.05) is 24.2 Å². The van der Waals surface area contributed by atoms with Crippen molar-refractivity contribution in [3.63, 3.8) is 0 Å². The van der Waals surface area contributed by atoms with Gasteiger partial charge in [-0.15, -0.1) is 0 Å². The van der Waals surface area contributed by atoms with Crippen molar-refractivity contribution < 1.29 is 18.6 Å².